The summed E-state index contributed by atoms with van der Waals surface area (Å²) >= 11 is 0. The molecule has 3 aromatic rings. The van der Waals surface area contributed by atoms with Crippen molar-refractivity contribution in [2.45, 2.75) is 77.9 Å². The van der Waals surface area contributed by atoms with E-state index in [-0.39, 0.29) is 35.7 Å². The molecule has 5 rings (SSSR count). The normalized spacial score (nSPS) is 17.5. The molecule has 4 N–H and O–H groups in total. The number of aryl methyl sites for hydroxylation is 2. The minimum Gasteiger partial charge on any atom is -0.494 e. The summed E-state index contributed by atoms with van der Waals surface area (Å²) in [6.07, 6.45) is 6.29. The van der Waals surface area contributed by atoms with Gasteiger partial charge in [-0.25, -0.2) is 9.97 Å². The number of aromatic nitrogens is 2. The highest BCUT2D eigenvalue weighted by atomic mass is 35.5. The summed E-state index contributed by atoms with van der Waals surface area (Å²) in [5, 5.41) is 13.9. The van der Waals surface area contributed by atoms with Gasteiger partial charge < -0.3 is 30.9 Å². The van der Waals surface area contributed by atoms with Gasteiger partial charge in [0, 0.05) is 36.3 Å². The lowest BCUT2D eigenvalue weighted by molar-refractivity contribution is -0.140. The van der Waals surface area contributed by atoms with Crippen LogP contribution in [0.5, 0.6) is 5.75 Å². The molecule has 0 radical (unpaired) electrons. The van der Waals surface area contributed by atoms with E-state index >= 15 is 0 Å². The van der Waals surface area contributed by atoms with Crippen LogP contribution in [0.25, 0.3) is 10.9 Å². The van der Waals surface area contributed by atoms with Gasteiger partial charge in [0.2, 0.25) is 11.8 Å². The molecule has 11 heteroatoms. The van der Waals surface area contributed by atoms with Gasteiger partial charge in [0.05, 0.1) is 24.4 Å². The second kappa shape index (κ2) is 14.1. The molecule has 3 atom stereocenters. The van der Waals surface area contributed by atoms with Crippen LogP contribution in [0.1, 0.15) is 58.1 Å². The number of likely N-dealkylation sites (tertiary alicyclic amines) is 1. The Hall–Kier alpha value is -3.47. The molecule has 1 fully saturated rings. The van der Waals surface area contributed by atoms with Crippen LogP contribution in [0.3, 0.4) is 0 Å². The minimum absolute atomic E-state index is 0. The molecular formula is C33H46ClN7O3. The zero-order chi connectivity index (χ0) is 30.7. The van der Waals surface area contributed by atoms with Gasteiger partial charge in [0.1, 0.15) is 23.9 Å². The van der Waals surface area contributed by atoms with E-state index in [9.17, 15) is 9.59 Å². The molecule has 0 saturated carbocycles. The van der Waals surface area contributed by atoms with Gasteiger partial charge in [-0.3, -0.25) is 9.59 Å². The van der Waals surface area contributed by atoms with Crippen molar-refractivity contribution in [3.05, 3.63) is 47.8 Å². The van der Waals surface area contributed by atoms with E-state index in [1.165, 1.54) is 23.9 Å². The third-order valence-electron chi connectivity index (χ3n) is 8.65. The number of likely N-dealkylation sites (N-methyl/N-ethyl adjacent to an activating group) is 1. The standard InChI is InChI=1S/C33H45N7O3.ClH/c1-20(34-5)18-35-29(33(2,3)4)32(42)40-14-8-11-27(40)31(41)39-26-16-24-25(17-28(26)43-6)36-19-37-30(24)38-23-13-12-21-9-7-10-22(21)15-23;/h12-13,15-17,19-20,27,29,34-35H,7-11,14,18H2,1-6H3,(H,39,41)(H,36,37,38);1H/t20-,27-,29+;/m0./s1. The van der Waals surface area contributed by atoms with Gasteiger partial charge in [0.25, 0.3) is 0 Å². The number of hydrogen-bond donors (Lipinski definition) is 4. The number of hydrogen-bond acceptors (Lipinski definition) is 8. The molecule has 2 aromatic carbocycles. The zero-order valence-electron chi connectivity index (χ0n) is 26.6. The topological polar surface area (TPSA) is 121 Å². The summed E-state index contributed by atoms with van der Waals surface area (Å²) < 4.78 is 5.66. The van der Waals surface area contributed by atoms with Crippen LogP contribution in [0, 0.1) is 5.41 Å². The Morgan fingerprint density at radius 3 is 2.59 bits per heavy atom. The molecule has 0 spiro atoms. The van der Waals surface area contributed by atoms with Gasteiger partial charge >= 0.3 is 0 Å². The quantitative estimate of drug-likeness (QED) is 0.253. The molecule has 1 saturated heterocycles. The van der Waals surface area contributed by atoms with Crippen molar-refractivity contribution < 1.29 is 14.3 Å². The molecule has 2 aliphatic rings. The van der Waals surface area contributed by atoms with Crippen molar-refractivity contribution in [1.29, 1.82) is 0 Å². The summed E-state index contributed by atoms with van der Waals surface area (Å²) in [5.74, 6) is 0.862. The van der Waals surface area contributed by atoms with Gasteiger partial charge in [-0.1, -0.05) is 26.8 Å². The lowest BCUT2D eigenvalue weighted by atomic mass is 9.85. The number of benzene rings is 2. The predicted molar refractivity (Wildman–Crippen MR) is 178 cm³/mol. The molecule has 0 bridgehead atoms. The smallest absolute Gasteiger partial charge is 0.247 e. The maximum absolute atomic E-state index is 13.9. The fraction of sp³-hybridized carbons (Fsp3) is 0.515. The van der Waals surface area contributed by atoms with Crippen LogP contribution >= 0.6 is 12.4 Å². The van der Waals surface area contributed by atoms with E-state index in [1.807, 2.05) is 33.9 Å². The van der Waals surface area contributed by atoms with Crippen LogP contribution in [0.15, 0.2) is 36.7 Å². The number of amides is 2. The van der Waals surface area contributed by atoms with Crippen molar-refractivity contribution in [3.63, 3.8) is 0 Å². The first-order chi connectivity index (χ1) is 20.6. The van der Waals surface area contributed by atoms with Crippen molar-refractivity contribution in [3.8, 4) is 5.75 Å². The maximum atomic E-state index is 13.9. The molecule has 0 unspecified atom stereocenters. The Bertz CT molecular complexity index is 1490. The van der Waals surface area contributed by atoms with Crippen molar-refractivity contribution in [2.24, 2.45) is 5.41 Å². The number of halogens is 1. The molecule has 238 valence electrons. The lowest BCUT2D eigenvalue weighted by Gasteiger charge is -2.36. The van der Waals surface area contributed by atoms with Crippen LogP contribution < -0.4 is 26.0 Å². The van der Waals surface area contributed by atoms with Crippen LogP contribution in [0.4, 0.5) is 17.2 Å². The summed E-state index contributed by atoms with van der Waals surface area (Å²) in [7, 11) is 3.47. The van der Waals surface area contributed by atoms with Crippen LogP contribution in [-0.4, -0.2) is 72.1 Å². The largest absolute Gasteiger partial charge is 0.494 e. The van der Waals surface area contributed by atoms with Crippen LogP contribution in [-0.2, 0) is 22.4 Å². The summed E-state index contributed by atoms with van der Waals surface area (Å²) in [6, 6.07) is 9.32. The molecule has 1 aliphatic carbocycles. The van der Waals surface area contributed by atoms with Gasteiger partial charge in [-0.15, -0.1) is 12.4 Å². The van der Waals surface area contributed by atoms with Crippen molar-refractivity contribution in [1.82, 2.24) is 25.5 Å². The second-order valence-corrected chi connectivity index (χ2v) is 12.8. The monoisotopic (exact) mass is 623 g/mol. The molecule has 2 heterocycles. The third-order valence-corrected chi connectivity index (χ3v) is 8.65. The van der Waals surface area contributed by atoms with Crippen LogP contribution in [0.2, 0.25) is 0 Å². The van der Waals surface area contributed by atoms with Gasteiger partial charge in [-0.05, 0) is 80.8 Å². The number of methoxy groups -OCH3 is 1. The van der Waals surface area contributed by atoms with E-state index in [1.54, 1.807) is 18.1 Å². The molecule has 1 aliphatic heterocycles. The summed E-state index contributed by atoms with van der Waals surface area (Å²) in [6.45, 7) is 9.41. The number of carbonyl (C=O) groups is 2. The van der Waals surface area contributed by atoms with E-state index < -0.39 is 12.1 Å². The highest BCUT2D eigenvalue weighted by Crippen LogP contribution is 2.35. The Balaban J connectivity index is 0.00000442. The zero-order valence-corrected chi connectivity index (χ0v) is 27.4. The fourth-order valence-corrected chi connectivity index (χ4v) is 6.08. The van der Waals surface area contributed by atoms with E-state index in [4.69, 9.17) is 4.74 Å². The Morgan fingerprint density at radius 1 is 1.09 bits per heavy atom. The Labute approximate surface area is 266 Å². The first-order valence-corrected chi connectivity index (χ1v) is 15.3. The Morgan fingerprint density at radius 2 is 1.86 bits per heavy atom. The third kappa shape index (κ3) is 7.25. The molecule has 1 aromatic heterocycles. The summed E-state index contributed by atoms with van der Waals surface area (Å²) in [5.41, 5.74) is 4.63. The van der Waals surface area contributed by atoms with Gasteiger partial charge in [-0.2, -0.15) is 0 Å². The minimum atomic E-state index is -0.572. The van der Waals surface area contributed by atoms with Crippen molar-refractivity contribution >= 4 is 52.3 Å². The number of ether oxygens (including phenoxy) is 1. The number of fused-ring (bicyclic) bond motifs is 2. The lowest BCUT2D eigenvalue weighted by Crippen LogP contribution is -2.57. The number of anilines is 3. The van der Waals surface area contributed by atoms with Gasteiger partial charge in [0.15, 0.2) is 0 Å². The average molecular weight is 624 g/mol. The number of nitrogens with zero attached hydrogens (tertiary/aromatic N) is 3. The average Bonchev–Trinajstić information content (AvgIpc) is 3.66. The predicted octanol–water partition coefficient (Wildman–Crippen LogP) is 4.83. The first-order valence-electron chi connectivity index (χ1n) is 15.3. The number of carbonyl (C=O) groups excluding carboxylic acids is 2. The first kappa shape index (κ1) is 33.4. The van der Waals surface area contributed by atoms with E-state index in [0.29, 0.717) is 42.3 Å². The second-order valence-electron chi connectivity index (χ2n) is 12.8. The molecular weight excluding hydrogens is 578 g/mol. The highest BCUT2D eigenvalue weighted by Gasteiger charge is 2.41. The highest BCUT2D eigenvalue weighted by molar-refractivity contribution is 6.02. The van der Waals surface area contributed by atoms with E-state index in [2.05, 4.69) is 56.4 Å². The number of rotatable bonds is 10. The molecule has 2 amide bonds. The fourth-order valence-electron chi connectivity index (χ4n) is 6.08. The van der Waals surface area contributed by atoms with Crippen molar-refractivity contribution in [2.75, 3.05) is 37.9 Å². The SMILES string of the molecule is CN[C@@H](C)CN[C@H](C(=O)N1CCC[C@H]1C(=O)Nc1cc2c(Nc3ccc4c(c3)CCC4)ncnc2cc1OC)C(C)(C)C.Cl. The molecule has 44 heavy (non-hydrogen) atoms. The summed E-state index contributed by atoms with van der Waals surface area (Å²) in [4.78, 5) is 38.3. The Kier molecular flexibility index (Phi) is 10.7. The molecule has 10 nitrogen and oxygen atoms in total. The number of nitrogens with one attached hydrogen (secondary N) is 4. The maximum Gasteiger partial charge on any atom is 0.247 e. The van der Waals surface area contributed by atoms with E-state index in [0.717, 1.165) is 30.3 Å².